The standard InChI is InChI=1S/C22H39N5O3/c1-24-21(28)16-13-17-20(25-18-5-3-4-11-26(18)22(17)29)27(19(16)23)12-10-14-6-8-15(30-2)9-7-14/h14-20,25H,3-13,23H2,1-2H3,(H,24,28). The number of fused-ring (bicyclic) bond motifs is 2. The molecule has 3 aliphatic heterocycles. The van der Waals surface area contributed by atoms with E-state index >= 15 is 0 Å². The van der Waals surface area contributed by atoms with Gasteiger partial charge in [-0.2, -0.15) is 0 Å². The molecule has 4 rings (SSSR count). The van der Waals surface area contributed by atoms with Crippen molar-refractivity contribution in [2.75, 3.05) is 27.2 Å². The Balaban J connectivity index is 1.48. The van der Waals surface area contributed by atoms with Gasteiger partial charge in [-0.05, 0) is 63.7 Å². The van der Waals surface area contributed by atoms with Gasteiger partial charge in [-0.15, -0.1) is 0 Å². The van der Waals surface area contributed by atoms with Crippen LogP contribution in [0.25, 0.3) is 0 Å². The molecule has 3 heterocycles. The quantitative estimate of drug-likeness (QED) is 0.608. The largest absolute Gasteiger partial charge is 0.381 e. The molecule has 1 saturated carbocycles. The van der Waals surface area contributed by atoms with Gasteiger partial charge in [0.1, 0.15) is 0 Å². The van der Waals surface area contributed by atoms with Gasteiger partial charge in [0.25, 0.3) is 0 Å². The number of likely N-dealkylation sites (tertiary alicyclic amines) is 1. The molecule has 30 heavy (non-hydrogen) atoms. The van der Waals surface area contributed by atoms with E-state index in [1.165, 1.54) is 12.8 Å². The second kappa shape index (κ2) is 9.51. The number of piperidine rings is 2. The number of carbonyl (C=O) groups excluding carboxylic acids is 2. The Morgan fingerprint density at radius 1 is 1.23 bits per heavy atom. The van der Waals surface area contributed by atoms with Crippen molar-refractivity contribution >= 4 is 11.8 Å². The first-order valence-electron chi connectivity index (χ1n) is 11.9. The highest BCUT2D eigenvalue weighted by molar-refractivity contribution is 5.84. The molecular weight excluding hydrogens is 382 g/mol. The number of nitrogens with two attached hydrogens (primary N) is 1. The second-order valence-corrected chi connectivity index (χ2v) is 9.61. The Labute approximate surface area is 180 Å². The summed E-state index contributed by atoms with van der Waals surface area (Å²) >= 11 is 0. The lowest BCUT2D eigenvalue weighted by molar-refractivity contribution is -0.162. The van der Waals surface area contributed by atoms with Crippen molar-refractivity contribution in [2.45, 2.75) is 82.4 Å². The van der Waals surface area contributed by atoms with Crippen LogP contribution >= 0.6 is 0 Å². The number of methoxy groups -OCH3 is 1. The maximum atomic E-state index is 13.4. The summed E-state index contributed by atoms with van der Waals surface area (Å²) in [5.41, 5.74) is 6.66. The number of nitrogens with one attached hydrogen (secondary N) is 2. The Kier molecular flexibility index (Phi) is 6.97. The number of amides is 2. The van der Waals surface area contributed by atoms with Gasteiger partial charge in [0.15, 0.2) is 0 Å². The monoisotopic (exact) mass is 421 g/mol. The van der Waals surface area contributed by atoms with Gasteiger partial charge in [-0.3, -0.25) is 19.8 Å². The van der Waals surface area contributed by atoms with Gasteiger partial charge in [-0.1, -0.05) is 0 Å². The Morgan fingerprint density at radius 2 is 2.00 bits per heavy atom. The zero-order valence-electron chi connectivity index (χ0n) is 18.5. The van der Waals surface area contributed by atoms with Gasteiger partial charge in [-0.25, -0.2) is 0 Å². The SMILES string of the molecule is CNC(=O)C1CC2C(=O)N3CCCCC3NC2N(CCC2CCC(OC)CC2)C1N. The van der Waals surface area contributed by atoms with Crippen molar-refractivity contribution < 1.29 is 14.3 Å². The lowest BCUT2D eigenvalue weighted by Crippen LogP contribution is -2.74. The van der Waals surface area contributed by atoms with Crippen molar-refractivity contribution in [1.82, 2.24) is 20.4 Å². The van der Waals surface area contributed by atoms with Crippen LogP contribution in [0.2, 0.25) is 0 Å². The third-order valence-corrected chi connectivity index (χ3v) is 8.01. The summed E-state index contributed by atoms with van der Waals surface area (Å²) in [5.74, 6) is 0.251. The molecule has 0 aromatic heterocycles. The molecule has 0 spiro atoms. The first-order valence-corrected chi connectivity index (χ1v) is 11.9. The maximum Gasteiger partial charge on any atom is 0.229 e. The van der Waals surface area contributed by atoms with Gasteiger partial charge < -0.3 is 20.7 Å². The van der Waals surface area contributed by atoms with E-state index in [2.05, 4.69) is 15.5 Å². The minimum Gasteiger partial charge on any atom is -0.381 e. The number of nitrogens with zero attached hydrogens (tertiary/aromatic N) is 2. The zero-order valence-corrected chi connectivity index (χ0v) is 18.5. The van der Waals surface area contributed by atoms with Gasteiger partial charge in [0, 0.05) is 27.2 Å². The third kappa shape index (κ3) is 4.24. The minimum atomic E-state index is -0.364. The molecule has 5 unspecified atom stereocenters. The summed E-state index contributed by atoms with van der Waals surface area (Å²) in [4.78, 5) is 30.2. The minimum absolute atomic E-state index is 0.0554. The summed E-state index contributed by atoms with van der Waals surface area (Å²) in [6, 6.07) is 0. The molecule has 4 N–H and O–H groups in total. The predicted molar refractivity (Wildman–Crippen MR) is 114 cm³/mol. The molecule has 3 saturated heterocycles. The molecule has 1 aliphatic carbocycles. The number of rotatable bonds is 5. The van der Waals surface area contributed by atoms with Crippen molar-refractivity contribution in [2.24, 2.45) is 23.5 Å². The molecule has 170 valence electrons. The van der Waals surface area contributed by atoms with Crippen LogP contribution in [0.3, 0.4) is 0 Å². The van der Waals surface area contributed by atoms with E-state index in [1.807, 2.05) is 4.90 Å². The Bertz CT molecular complexity index is 624. The highest BCUT2D eigenvalue weighted by Crippen LogP contribution is 2.37. The van der Waals surface area contributed by atoms with Crippen LogP contribution in [0, 0.1) is 17.8 Å². The van der Waals surface area contributed by atoms with E-state index in [4.69, 9.17) is 10.5 Å². The molecule has 4 fully saturated rings. The van der Waals surface area contributed by atoms with E-state index in [0.717, 1.165) is 51.6 Å². The van der Waals surface area contributed by atoms with Crippen LogP contribution in [0.1, 0.15) is 57.8 Å². The molecule has 0 aromatic rings. The van der Waals surface area contributed by atoms with E-state index in [0.29, 0.717) is 18.4 Å². The lowest BCUT2D eigenvalue weighted by atomic mass is 9.79. The zero-order chi connectivity index (χ0) is 21.3. The molecule has 0 radical (unpaired) electrons. The molecule has 4 aliphatic rings. The summed E-state index contributed by atoms with van der Waals surface area (Å²) in [6.07, 6.45) is 9.45. The van der Waals surface area contributed by atoms with Crippen molar-refractivity contribution in [1.29, 1.82) is 0 Å². The average Bonchev–Trinajstić information content (AvgIpc) is 2.78. The maximum absolute atomic E-state index is 13.4. The fraction of sp³-hybridized carbons (Fsp3) is 0.909. The Hall–Kier alpha value is -1.22. The number of ether oxygens (including phenoxy) is 1. The molecule has 2 amide bonds. The number of hydrogen-bond donors (Lipinski definition) is 3. The fourth-order valence-corrected chi connectivity index (χ4v) is 6.14. The number of carbonyl (C=O) groups is 2. The molecule has 8 nitrogen and oxygen atoms in total. The van der Waals surface area contributed by atoms with Gasteiger partial charge in [0.2, 0.25) is 11.8 Å². The van der Waals surface area contributed by atoms with Crippen LogP contribution in [0.4, 0.5) is 0 Å². The van der Waals surface area contributed by atoms with Crippen molar-refractivity contribution in [3.05, 3.63) is 0 Å². The molecule has 0 aromatic carbocycles. The molecule has 8 heteroatoms. The Morgan fingerprint density at radius 3 is 2.70 bits per heavy atom. The van der Waals surface area contributed by atoms with E-state index in [9.17, 15) is 9.59 Å². The van der Waals surface area contributed by atoms with Crippen LogP contribution < -0.4 is 16.4 Å². The smallest absolute Gasteiger partial charge is 0.229 e. The summed E-state index contributed by atoms with van der Waals surface area (Å²) < 4.78 is 5.51. The van der Waals surface area contributed by atoms with Crippen LogP contribution in [0.5, 0.6) is 0 Å². The summed E-state index contributed by atoms with van der Waals surface area (Å²) in [7, 11) is 3.46. The first-order chi connectivity index (χ1) is 14.5. The summed E-state index contributed by atoms with van der Waals surface area (Å²) in [6.45, 7) is 1.64. The first kappa shape index (κ1) is 22.0. The second-order valence-electron chi connectivity index (χ2n) is 9.61. The van der Waals surface area contributed by atoms with E-state index in [-0.39, 0.29) is 42.1 Å². The van der Waals surface area contributed by atoms with Gasteiger partial charge in [0.05, 0.1) is 36.4 Å². The topological polar surface area (TPSA) is 99.9 Å². The highest BCUT2D eigenvalue weighted by Gasteiger charge is 2.52. The fourth-order valence-electron chi connectivity index (χ4n) is 6.14. The van der Waals surface area contributed by atoms with Crippen molar-refractivity contribution in [3.63, 3.8) is 0 Å². The van der Waals surface area contributed by atoms with E-state index in [1.54, 1.807) is 14.2 Å². The summed E-state index contributed by atoms with van der Waals surface area (Å²) in [5, 5.41) is 6.51. The van der Waals surface area contributed by atoms with Crippen LogP contribution in [0.15, 0.2) is 0 Å². The van der Waals surface area contributed by atoms with Crippen LogP contribution in [-0.2, 0) is 14.3 Å². The third-order valence-electron chi connectivity index (χ3n) is 8.01. The highest BCUT2D eigenvalue weighted by atomic mass is 16.5. The average molecular weight is 422 g/mol. The van der Waals surface area contributed by atoms with Crippen LogP contribution in [-0.4, -0.2) is 73.5 Å². The predicted octanol–water partition coefficient (Wildman–Crippen LogP) is 0.819. The van der Waals surface area contributed by atoms with Crippen molar-refractivity contribution in [3.8, 4) is 0 Å². The van der Waals surface area contributed by atoms with Gasteiger partial charge >= 0.3 is 0 Å². The normalized spacial score (nSPS) is 39.9. The lowest BCUT2D eigenvalue weighted by Gasteiger charge is -2.55. The molecule has 0 bridgehead atoms. The van der Waals surface area contributed by atoms with E-state index < -0.39 is 0 Å². The molecule has 5 atom stereocenters. The molecular formula is C22H39N5O3. The number of hydrogen-bond acceptors (Lipinski definition) is 6.